The quantitative estimate of drug-likeness (QED) is 0.869. The fraction of sp³-hybridized carbons (Fsp3) is 0.263. The molecule has 0 unspecified atom stereocenters. The molecule has 0 radical (unpaired) electrons. The number of amides is 2. The first-order chi connectivity index (χ1) is 11.7. The second-order valence-electron chi connectivity index (χ2n) is 5.83. The summed E-state index contributed by atoms with van der Waals surface area (Å²) in [5.41, 5.74) is 1.73. The average Bonchev–Trinajstić information content (AvgIpc) is 3.16. The molecule has 0 bridgehead atoms. The van der Waals surface area contributed by atoms with Crippen LogP contribution < -0.4 is 5.32 Å². The molecule has 1 saturated heterocycles. The zero-order valence-corrected chi connectivity index (χ0v) is 14.2. The van der Waals surface area contributed by atoms with Crippen molar-refractivity contribution in [1.82, 2.24) is 10.2 Å². The number of hydrogen-bond acceptors (Lipinski definition) is 3. The van der Waals surface area contributed by atoms with E-state index in [1.807, 2.05) is 58.1 Å². The Morgan fingerprint density at radius 3 is 2.54 bits per heavy atom. The smallest absolute Gasteiger partial charge is 0.252 e. The summed E-state index contributed by atoms with van der Waals surface area (Å²) >= 11 is 1.52. The third-order valence-corrected chi connectivity index (χ3v) is 4.83. The minimum absolute atomic E-state index is 0.0231. The lowest BCUT2D eigenvalue weighted by Gasteiger charge is -2.31. The predicted molar refractivity (Wildman–Crippen MR) is 96.9 cm³/mol. The maximum atomic E-state index is 12.2. The van der Waals surface area contributed by atoms with Gasteiger partial charge in [0.15, 0.2) is 0 Å². The highest BCUT2D eigenvalue weighted by Gasteiger charge is 2.23. The van der Waals surface area contributed by atoms with Gasteiger partial charge in [-0.2, -0.15) is 11.3 Å². The molecule has 4 nitrogen and oxygen atoms in total. The van der Waals surface area contributed by atoms with Gasteiger partial charge < -0.3 is 10.2 Å². The lowest BCUT2D eigenvalue weighted by molar-refractivity contribution is -0.126. The lowest BCUT2D eigenvalue weighted by atomic mass is 10.0. The van der Waals surface area contributed by atoms with Crippen molar-refractivity contribution in [3.8, 4) is 0 Å². The van der Waals surface area contributed by atoms with E-state index < -0.39 is 0 Å². The van der Waals surface area contributed by atoms with Crippen molar-refractivity contribution in [3.63, 3.8) is 0 Å². The molecule has 1 fully saturated rings. The third kappa shape index (κ3) is 4.32. The Morgan fingerprint density at radius 1 is 1.12 bits per heavy atom. The van der Waals surface area contributed by atoms with Gasteiger partial charge in [0.05, 0.1) is 0 Å². The van der Waals surface area contributed by atoms with E-state index in [0.717, 1.165) is 18.4 Å². The first-order valence-corrected chi connectivity index (χ1v) is 9.02. The number of carbonyl (C=O) groups excluding carboxylic acids is 2. The highest BCUT2D eigenvalue weighted by atomic mass is 32.1. The molecule has 0 atom stereocenters. The molecule has 0 aliphatic carbocycles. The summed E-state index contributed by atoms with van der Waals surface area (Å²) in [6.45, 7) is 1.35. The molecule has 2 amide bonds. The van der Waals surface area contributed by atoms with Gasteiger partial charge in [0.1, 0.15) is 0 Å². The van der Waals surface area contributed by atoms with Gasteiger partial charge in [0, 0.05) is 36.2 Å². The van der Waals surface area contributed by atoms with Crippen LogP contribution in [-0.2, 0) is 4.79 Å². The molecule has 1 aliphatic rings. The van der Waals surface area contributed by atoms with Crippen LogP contribution in [-0.4, -0.2) is 35.8 Å². The molecule has 1 aromatic carbocycles. The van der Waals surface area contributed by atoms with Gasteiger partial charge in [-0.3, -0.25) is 9.59 Å². The van der Waals surface area contributed by atoms with Gasteiger partial charge >= 0.3 is 0 Å². The summed E-state index contributed by atoms with van der Waals surface area (Å²) < 4.78 is 0. The summed E-state index contributed by atoms with van der Waals surface area (Å²) in [6.07, 6.45) is 5.05. The predicted octanol–water partition coefficient (Wildman–Crippen LogP) is 3.18. The SMILES string of the molecule is O=C(NC1CCN(C(=O)C=Cc2ccccc2)CC1)c1ccsc1. The Kier molecular flexibility index (Phi) is 5.43. The Morgan fingerprint density at radius 2 is 1.88 bits per heavy atom. The summed E-state index contributed by atoms with van der Waals surface area (Å²) in [5.74, 6) is 0.00599. The number of nitrogens with one attached hydrogen (secondary N) is 1. The fourth-order valence-electron chi connectivity index (χ4n) is 2.74. The van der Waals surface area contributed by atoms with Crippen molar-refractivity contribution in [2.45, 2.75) is 18.9 Å². The van der Waals surface area contributed by atoms with Crippen LogP contribution in [0.1, 0.15) is 28.8 Å². The number of piperidine rings is 1. The van der Waals surface area contributed by atoms with Gasteiger partial charge in [0.2, 0.25) is 5.91 Å². The molecule has 24 heavy (non-hydrogen) atoms. The Balaban J connectivity index is 1.47. The van der Waals surface area contributed by atoms with Crippen molar-refractivity contribution >= 4 is 29.2 Å². The van der Waals surface area contributed by atoms with E-state index >= 15 is 0 Å². The highest BCUT2D eigenvalue weighted by molar-refractivity contribution is 7.08. The second-order valence-corrected chi connectivity index (χ2v) is 6.61. The topological polar surface area (TPSA) is 49.4 Å². The van der Waals surface area contributed by atoms with Crippen LogP contribution in [0.15, 0.2) is 53.2 Å². The number of hydrogen-bond donors (Lipinski definition) is 1. The van der Waals surface area contributed by atoms with Crippen molar-refractivity contribution < 1.29 is 9.59 Å². The van der Waals surface area contributed by atoms with Gasteiger partial charge in [-0.25, -0.2) is 0 Å². The van der Waals surface area contributed by atoms with Crippen LogP contribution in [0.4, 0.5) is 0 Å². The summed E-state index contributed by atoms with van der Waals surface area (Å²) in [7, 11) is 0. The first-order valence-electron chi connectivity index (χ1n) is 8.07. The van der Waals surface area contributed by atoms with E-state index in [-0.39, 0.29) is 17.9 Å². The minimum atomic E-state index is -0.0231. The maximum absolute atomic E-state index is 12.2. The standard InChI is InChI=1S/C19H20N2O2S/c22-18(7-6-15-4-2-1-3-5-15)21-11-8-17(9-12-21)20-19(23)16-10-13-24-14-16/h1-7,10,13-14,17H,8-9,11-12H2,(H,20,23). The number of rotatable bonds is 4. The Hall–Kier alpha value is -2.40. The van der Waals surface area contributed by atoms with E-state index in [9.17, 15) is 9.59 Å². The number of likely N-dealkylation sites (tertiary alicyclic amines) is 1. The van der Waals surface area contributed by atoms with Crippen LogP contribution in [0, 0.1) is 0 Å². The molecule has 0 spiro atoms. The molecule has 5 heteroatoms. The normalized spacial score (nSPS) is 15.6. The van der Waals surface area contributed by atoms with Crippen molar-refractivity contribution in [1.29, 1.82) is 0 Å². The van der Waals surface area contributed by atoms with Crippen LogP contribution >= 0.6 is 11.3 Å². The van der Waals surface area contributed by atoms with Gasteiger partial charge in [-0.15, -0.1) is 0 Å². The van der Waals surface area contributed by atoms with Gasteiger partial charge in [-0.05, 0) is 35.9 Å². The zero-order valence-electron chi connectivity index (χ0n) is 13.4. The fourth-order valence-corrected chi connectivity index (χ4v) is 3.38. The number of thiophene rings is 1. The average molecular weight is 340 g/mol. The van der Waals surface area contributed by atoms with E-state index in [1.165, 1.54) is 11.3 Å². The molecule has 2 aromatic rings. The van der Waals surface area contributed by atoms with Gasteiger partial charge in [-0.1, -0.05) is 30.3 Å². The van der Waals surface area contributed by atoms with Crippen LogP contribution in [0.3, 0.4) is 0 Å². The van der Waals surface area contributed by atoms with Gasteiger partial charge in [0.25, 0.3) is 5.91 Å². The largest absolute Gasteiger partial charge is 0.349 e. The van der Waals surface area contributed by atoms with E-state index in [4.69, 9.17) is 0 Å². The highest BCUT2D eigenvalue weighted by Crippen LogP contribution is 2.13. The van der Waals surface area contributed by atoms with Crippen molar-refractivity contribution in [2.75, 3.05) is 13.1 Å². The molecule has 3 rings (SSSR count). The Bertz CT molecular complexity index is 702. The van der Waals surface area contributed by atoms with Crippen LogP contribution in [0.2, 0.25) is 0 Å². The molecule has 1 aromatic heterocycles. The zero-order chi connectivity index (χ0) is 16.8. The van der Waals surface area contributed by atoms with Crippen LogP contribution in [0.25, 0.3) is 6.08 Å². The molecule has 1 aliphatic heterocycles. The molecule has 1 N–H and O–H groups in total. The van der Waals surface area contributed by atoms with Crippen molar-refractivity contribution in [2.24, 2.45) is 0 Å². The number of nitrogens with zero attached hydrogens (tertiary/aromatic N) is 1. The molecule has 124 valence electrons. The van der Waals surface area contributed by atoms with E-state index in [2.05, 4.69) is 5.32 Å². The second kappa shape index (κ2) is 7.93. The molecular weight excluding hydrogens is 320 g/mol. The van der Waals surface area contributed by atoms with E-state index in [0.29, 0.717) is 18.7 Å². The maximum Gasteiger partial charge on any atom is 0.252 e. The lowest BCUT2D eigenvalue weighted by Crippen LogP contribution is -2.46. The molecule has 0 saturated carbocycles. The molecular formula is C19H20N2O2S. The first kappa shape index (κ1) is 16.5. The molecule has 2 heterocycles. The summed E-state index contributed by atoms with van der Waals surface area (Å²) in [6, 6.07) is 11.8. The summed E-state index contributed by atoms with van der Waals surface area (Å²) in [5, 5.41) is 6.80. The minimum Gasteiger partial charge on any atom is -0.349 e. The van der Waals surface area contributed by atoms with Crippen LogP contribution in [0.5, 0.6) is 0 Å². The number of carbonyl (C=O) groups is 2. The monoisotopic (exact) mass is 340 g/mol. The third-order valence-electron chi connectivity index (χ3n) is 4.14. The summed E-state index contributed by atoms with van der Waals surface area (Å²) in [4.78, 5) is 26.1. The van der Waals surface area contributed by atoms with E-state index in [1.54, 1.807) is 6.08 Å². The number of benzene rings is 1. The van der Waals surface area contributed by atoms with Crippen molar-refractivity contribution in [3.05, 3.63) is 64.4 Å². The Labute approximate surface area is 145 Å².